The fourth-order valence-electron chi connectivity index (χ4n) is 0.777. The van der Waals surface area contributed by atoms with Gasteiger partial charge in [0.2, 0.25) is 0 Å². The highest BCUT2D eigenvalue weighted by Crippen LogP contribution is 2.22. The Morgan fingerprint density at radius 1 is 1.33 bits per heavy atom. The van der Waals surface area contributed by atoms with Crippen molar-refractivity contribution < 1.29 is 0 Å². The predicted octanol–water partition coefficient (Wildman–Crippen LogP) is 3.96. The lowest BCUT2D eigenvalue weighted by Gasteiger charge is -2.09. The van der Waals surface area contributed by atoms with Crippen LogP contribution in [0.2, 0.25) is 0 Å². The third-order valence-corrected chi connectivity index (χ3v) is 2.66. The molecule has 0 heterocycles. The summed E-state index contributed by atoms with van der Waals surface area (Å²) in [6.07, 6.45) is 1.06. The maximum absolute atomic E-state index is 5.48. The molecule has 0 aromatic carbocycles. The summed E-state index contributed by atoms with van der Waals surface area (Å²) in [7, 11) is 0. The van der Waals surface area contributed by atoms with Crippen LogP contribution >= 0.6 is 11.9 Å². The molecular weight excluding hydrogens is 166 g/mol. The maximum atomic E-state index is 5.48. The predicted molar refractivity (Wildman–Crippen MR) is 61.0 cm³/mol. The van der Waals surface area contributed by atoms with Gasteiger partial charge in [0.1, 0.15) is 0 Å². The van der Waals surface area contributed by atoms with Gasteiger partial charge in [0.25, 0.3) is 0 Å². The maximum Gasteiger partial charge on any atom is -0.000986 e. The zero-order valence-electron chi connectivity index (χ0n) is 9.27. The number of rotatable bonds is 3. The van der Waals surface area contributed by atoms with Gasteiger partial charge in [-0.1, -0.05) is 52.1 Å². The second kappa shape index (κ2) is 9.14. The first-order valence-electron chi connectivity index (χ1n) is 4.69. The molecule has 0 aliphatic heterocycles. The number of hydrogen-bond donors (Lipinski definition) is 1. The molecule has 2 N–H and O–H groups in total. The highest BCUT2D eigenvalue weighted by molar-refractivity contribution is 8.00. The first kappa shape index (κ1) is 14.6. The third kappa shape index (κ3) is 5.67. The van der Waals surface area contributed by atoms with Crippen LogP contribution in [0.5, 0.6) is 0 Å². The van der Waals surface area contributed by atoms with E-state index in [0.29, 0.717) is 5.92 Å². The normalized spacial score (nSPS) is 12.0. The Morgan fingerprint density at radius 3 is 1.83 bits per heavy atom. The molecule has 0 atom stereocenters. The fraction of sp³-hybridized carbons (Fsp3) is 0.800. The van der Waals surface area contributed by atoms with Gasteiger partial charge in [0, 0.05) is 0 Å². The van der Waals surface area contributed by atoms with Crippen LogP contribution in [-0.2, 0) is 0 Å². The highest BCUT2D eigenvalue weighted by Gasteiger charge is 2.02. The van der Waals surface area contributed by atoms with Crippen molar-refractivity contribution in [2.75, 3.05) is 0 Å². The van der Waals surface area contributed by atoms with E-state index in [2.05, 4.69) is 27.7 Å². The van der Waals surface area contributed by atoms with Crippen molar-refractivity contribution >= 4 is 11.9 Å². The van der Waals surface area contributed by atoms with E-state index in [1.54, 1.807) is 0 Å². The molecule has 0 saturated heterocycles. The summed E-state index contributed by atoms with van der Waals surface area (Å²) in [5, 5.41) is 5.48. The Balaban J connectivity index is 0. The van der Waals surface area contributed by atoms with Gasteiger partial charge in [-0.05, 0) is 24.2 Å². The van der Waals surface area contributed by atoms with Gasteiger partial charge in [-0.3, -0.25) is 5.14 Å². The smallest absolute Gasteiger partial charge is 0.000986 e. The highest BCUT2D eigenvalue weighted by atomic mass is 32.2. The van der Waals surface area contributed by atoms with Crippen molar-refractivity contribution in [3.05, 3.63) is 10.5 Å². The molecule has 0 aromatic heterocycles. The molecule has 0 unspecified atom stereocenters. The summed E-state index contributed by atoms with van der Waals surface area (Å²) in [6.45, 7) is 12.7. The lowest BCUT2D eigenvalue weighted by Crippen LogP contribution is -1.94. The molecule has 0 aliphatic carbocycles. The average molecular weight is 189 g/mol. The Kier molecular flexibility index (Phi) is 11.1. The molecule has 74 valence electrons. The monoisotopic (exact) mass is 189 g/mol. The van der Waals surface area contributed by atoms with Crippen LogP contribution in [0.4, 0.5) is 0 Å². The van der Waals surface area contributed by atoms with E-state index in [4.69, 9.17) is 5.14 Å². The summed E-state index contributed by atoms with van der Waals surface area (Å²) in [6, 6.07) is 0. The van der Waals surface area contributed by atoms with Gasteiger partial charge in [-0.2, -0.15) is 0 Å². The van der Waals surface area contributed by atoms with E-state index >= 15 is 0 Å². The molecule has 12 heavy (non-hydrogen) atoms. The van der Waals surface area contributed by atoms with Gasteiger partial charge in [-0.25, -0.2) is 0 Å². The molecule has 0 bridgehead atoms. The van der Waals surface area contributed by atoms with Gasteiger partial charge >= 0.3 is 0 Å². The van der Waals surface area contributed by atoms with Crippen LogP contribution in [0.25, 0.3) is 0 Å². The van der Waals surface area contributed by atoms with Crippen molar-refractivity contribution in [1.82, 2.24) is 0 Å². The summed E-state index contributed by atoms with van der Waals surface area (Å²) in [4.78, 5) is 1.33. The summed E-state index contributed by atoms with van der Waals surface area (Å²) >= 11 is 1.39. The fourth-order valence-corrected chi connectivity index (χ4v) is 1.37. The van der Waals surface area contributed by atoms with Gasteiger partial charge in [0.15, 0.2) is 0 Å². The van der Waals surface area contributed by atoms with Crippen LogP contribution < -0.4 is 5.14 Å². The first-order chi connectivity index (χ1) is 5.63. The van der Waals surface area contributed by atoms with Crippen molar-refractivity contribution in [3.8, 4) is 0 Å². The molecule has 0 amide bonds. The Bertz CT molecular complexity index is 122. The Morgan fingerprint density at radius 2 is 1.75 bits per heavy atom. The summed E-state index contributed by atoms with van der Waals surface area (Å²) in [5.41, 5.74) is 1.43. The van der Waals surface area contributed by atoms with Crippen LogP contribution in [0.1, 0.15) is 48.0 Å². The van der Waals surface area contributed by atoms with Crippen LogP contribution in [-0.4, -0.2) is 0 Å². The third-order valence-electron chi connectivity index (χ3n) is 1.77. The second-order valence-corrected chi connectivity index (χ2v) is 3.46. The molecule has 0 radical (unpaired) electrons. The SMILES string of the molecule is CC.CC/C(SN)=C(/C)C(C)C. The molecule has 0 fully saturated rings. The second-order valence-electron chi connectivity index (χ2n) is 2.73. The van der Waals surface area contributed by atoms with Crippen LogP contribution in [0.15, 0.2) is 10.5 Å². The van der Waals surface area contributed by atoms with E-state index in [1.165, 1.54) is 22.4 Å². The minimum absolute atomic E-state index is 0.631. The average Bonchev–Trinajstić information content (AvgIpc) is 2.10. The Labute approximate surface area is 81.9 Å². The van der Waals surface area contributed by atoms with E-state index in [9.17, 15) is 0 Å². The van der Waals surface area contributed by atoms with Crippen LogP contribution in [0, 0.1) is 5.92 Å². The van der Waals surface area contributed by atoms with Crippen molar-refractivity contribution in [2.45, 2.75) is 48.0 Å². The number of allylic oxidation sites excluding steroid dienone is 2. The van der Waals surface area contributed by atoms with Gasteiger partial charge in [-0.15, -0.1) is 0 Å². The molecule has 1 nitrogen and oxygen atoms in total. The molecule has 0 aliphatic rings. The van der Waals surface area contributed by atoms with Gasteiger partial charge in [0.05, 0.1) is 0 Å². The Hall–Kier alpha value is 0.0500. The van der Waals surface area contributed by atoms with Crippen molar-refractivity contribution in [2.24, 2.45) is 11.1 Å². The van der Waals surface area contributed by atoms with E-state index < -0.39 is 0 Å². The van der Waals surface area contributed by atoms with E-state index in [0.717, 1.165) is 6.42 Å². The topological polar surface area (TPSA) is 26.0 Å². The largest absolute Gasteiger partial charge is 0.274 e. The standard InChI is InChI=1S/C8H17NS.C2H6/c1-5-8(10-9)7(4)6(2)3;1-2/h6H,5,9H2,1-4H3;1-2H3/b8-7+;. The first-order valence-corrected chi connectivity index (χ1v) is 5.57. The quantitative estimate of drug-likeness (QED) is 0.680. The van der Waals surface area contributed by atoms with Crippen molar-refractivity contribution in [1.29, 1.82) is 0 Å². The minimum Gasteiger partial charge on any atom is -0.274 e. The number of nitrogens with two attached hydrogens (primary N) is 1. The molecule has 0 rings (SSSR count). The summed E-state index contributed by atoms with van der Waals surface area (Å²) < 4.78 is 0. The van der Waals surface area contributed by atoms with Crippen LogP contribution in [0.3, 0.4) is 0 Å². The van der Waals surface area contributed by atoms with E-state index in [1.807, 2.05) is 13.8 Å². The molecular formula is C10H23NS. The van der Waals surface area contributed by atoms with Crippen molar-refractivity contribution in [3.63, 3.8) is 0 Å². The summed E-state index contributed by atoms with van der Waals surface area (Å²) in [5.74, 6) is 0.631. The minimum atomic E-state index is 0.631. The van der Waals surface area contributed by atoms with E-state index in [-0.39, 0.29) is 0 Å². The molecule has 0 aromatic rings. The molecule has 0 saturated carbocycles. The van der Waals surface area contributed by atoms with Gasteiger partial charge < -0.3 is 0 Å². The lowest BCUT2D eigenvalue weighted by atomic mass is 10.0. The molecule has 0 spiro atoms. The zero-order valence-corrected chi connectivity index (χ0v) is 10.1. The molecule has 2 heteroatoms. The lowest BCUT2D eigenvalue weighted by molar-refractivity contribution is 0.759. The zero-order chi connectivity index (χ0) is 10.1. The number of hydrogen-bond acceptors (Lipinski definition) is 2.